The van der Waals surface area contributed by atoms with E-state index in [1.165, 1.54) is 6.08 Å². The summed E-state index contributed by atoms with van der Waals surface area (Å²) in [5.41, 5.74) is 3.70. The highest BCUT2D eigenvalue weighted by Crippen LogP contribution is 2.21. The van der Waals surface area contributed by atoms with Crippen LogP contribution in [0.4, 0.5) is 11.4 Å². The SMILES string of the molecule is Cc1cc(N(CCC#N)CCC#N)ccc1/C=C/C(=O)Nc1ccccc1. The van der Waals surface area contributed by atoms with Gasteiger partial charge in [0, 0.05) is 30.5 Å². The maximum atomic E-state index is 12.0. The molecule has 2 aromatic carbocycles. The first kappa shape index (κ1) is 19.8. The van der Waals surface area contributed by atoms with Crippen LogP contribution in [0.15, 0.2) is 54.6 Å². The Bertz CT molecular complexity index is 857. The summed E-state index contributed by atoms with van der Waals surface area (Å²) in [4.78, 5) is 14.1. The molecule has 0 aliphatic rings. The average molecular weight is 358 g/mol. The highest BCUT2D eigenvalue weighted by molar-refractivity contribution is 6.02. The Morgan fingerprint density at radius 3 is 2.33 bits per heavy atom. The van der Waals surface area contributed by atoms with E-state index in [1.807, 2.05) is 60.4 Å². The van der Waals surface area contributed by atoms with Gasteiger partial charge in [-0.25, -0.2) is 0 Å². The molecule has 0 atom stereocenters. The molecule has 2 rings (SSSR count). The molecule has 0 bridgehead atoms. The third-order valence-electron chi connectivity index (χ3n) is 4.06. The molecule has 0 unspecified atom stereocenters. The number of nitrogens with zero attached hydrogens (tertiary/aromatic N) is 3. The summed E-state index contributed by atoms with van der Waals surface area (Å²) in [6.45, 7) is 3.16. The molecule has 0 saturated heterocycles. The molecule has 2 aromatic rings. The first-order valence-electron chi connectivity index (χ1n) is 8.77. The monoisotopic (exact) mass is 358 g/mol. The molecule has 27 heavy (non-hydrogen) atoms. The van der Waals surface area contributed by atoms with Crippen molar-refractivity contribution in [3.8, 4) is 12.1 Å². The van der Waals surface area contributed by atoms with Crippen molar-refractivity contribution in [1.29, 1.82) is 10.5 Å². The molecule has 1 N–H and O–H groups in total. The van der Waals surface area contributed by atoms with E-state index in [2.05, 4.69) is 17.5 Å². The van der Waals surface area contributed by atoms with E-state index in [0.29, 0.717) is 25.9 Å². The Labute approximate surface area is 160 Å². The van der Waals surface area contributed by atoms with Crippen molar-refractivity contribution in [2.24, 2.45) is 0 Å². The molecule has 0 heterocycles. The fourth-order valence-corrected chi connectivity index (χ4v) is 2.65. The van der Waals surface area contributed by atoms with E-state index in [9.17, 15) is 4.79 Å². The minimum atomic E-state index is -0.186. The van der Waals surface area contributed by atoms with Crippen LogP contribution in [0.3, 0.4) is 0 Å². The summed E-state index contributed by atoms with van der Waals surface area (Å²) < 4.78 is 0. The largest absolute Gasteiger partial charge is 0.369 e. The molecular formula is C22H22N4O. The minimum absolute atomic E-state index is 0.186. The van der Waals surface area contributed by atoms with E-state index in [-0.39, 0.29) is 5.91 Å². The van der Waals surface area contributed by atoms with E-state index >= 15 is 0 Å². The van der Waals surface area contributed by atoms with Gasteiger partial charge in [0.2, 0.25) is 5.91 Å². The lowest BCUT2D eigenvalue weighted by Crippen LogP contribution is -2.25. The van der Waals surface area contributed by atoms with Crippen molar-refractivity contribution in [3.63, 3.8) is 0 Å². The smallest absolute Gasteiger partial charge is 0.248 e. The van der Waals surface area contributed by atoms with Gasteiger partial charge in [-0.05, 0) is 48.4 Å². The number of nitrogens with one attached hydrogen (secondary N) is 1. The Morgan fingerprint density at radius 2 is 1.74 bits per heavy atom. The van der Waals surface area contributed by atoms with Crippen LogP contribution < -0.4 is 10.2 Å². The van der Waals surface area contributed by atoms with Gasteiger partial charge in [0.25, 0.3) is 0 Å². The molecule has 0 aromatic heterocycles. The number of hydrogen-bond donors (Lipinski definition) is 1. The summed E-state index contributed by atoms with van der Waals surface area (Å²) in [5.74, 6) is -0.186. The number of aryl methyl sites for hydroxylation is 1. The second-order valence-corrected chi connectivity index (χ2v) is 6.03. The second-order valence-electron chi connectivity index (χ2n) is 6.03. The Balaban J connectivity index is 2.07. The van der Waals surface area contributed by atoms with Crippen molar-refractivity contribution in [2.45, 2.75) is 19.8 Å². The molecule has 0 aliphatic heterocycles. The van der Waals surface area contributed by atoms with Gasteiger partial charge >= 0.3 is 0 Å². The lowest BCUT2D eigenvalue weighted by molar-refractivity contribution is -0.111. The van der Waals surface area contributed by atoms with Crippen LogP contribution >= 0.6 is 0 Å². The number of nitriles is 2. The lowest BCUT2D eigenvalue weighted by Gasteiger charge is -2.23. The summed E-state index contributed by atoms with van der Waals surface area (Å²) >= 11 is 0. The molecule has 1 amide bonds. The van der Waals surface area contributed by atoms with Crippen molar-refractivity contribution in [1.82, 2.24) is 0 Å². The molecule has 5 heteroatoms. The summed E-state index contributed by atoms with van der Waals surface area (Å²) in [5, 5.41) is 20.5. The second kappa shape index (κ2) is 10.4. The van der Waals surface area contributed by atoms with Crippen LogP contribution in [0.5, 0.6) is 0 Å². The van der Waals surface area contributed by atoms with Crippen molar-refractivity contribution >= 4 is 23.4 Å². The normalized spacial score (nSPS) is 10.2. The van der Waals surface area contributed by atoms with E-state index in [1.54, 1.807) is 6.08 Å². The van der Waals surface area contributed by atoms with Gasteiger partial charge in [-0.2, -0.15) is 10.5 Å². The van der Waals surface area contributed by atoms with Crippen LogP contribution in [-0.2, 0) is 4.79 Å². The first-order chi connectivity index (χ1) is 13.1. The molecule has 5 nitrogen and oxygen atoms in total. The predicted molar refractivity (Wildman–Crippen MR) is 108 cm³/mol. The highest BCUT2D eigenvalue weighted by atomic mass is 16.1. The molecule has 0 radical (unpaired) electrons. The fourth-order valence-electron chi connectivity index (χ4n) is 2.65. The fraction of sp³-hybridized carbons (Fsp3) is 0.227. The minimum Gasteiger partial charge on any atom is -0.369 e. The molecule has 0 saturated carbocycles. The van der Waals surface area contributed by atoms with Gasteiger partial charge in [-0.1, -0.05) is 24.3 Å². The number of anilines is 2. The van der Waals surface area contributed by atoms with Crippen LogP contribution in [-0.4, -0.2) is 19.0 Å². The number of carbonyl (C=O) groups is 1. The zero-order valence-electron chi connectivity index (χ0n) is 15.4. The Morgan fingerprint density at radius 1 is 1.07 bits per heavy atom. The maximum absolute atomic E-state index is 12.0. The standard InChI is InChI=1S/C22H22N4O/c1-18-17-21(26(15-5-13-23)16-6-14-24)11-9-19(18)10-12-22(27)25-20-7-3-2-4-8-20/h2-4,7-12,17H,5-6,15-16H2,1H3,(H,25,27)/b12-10+. The van der Waals surface area contributed by atoms with Gasteiger partial charge in [0.15, 0.2) is 0 Å². The van der Waals surface area contributed by atoms with Gasteiger partial charge < -0.3 is 10.2 Å². The Kier molecular flexibility index (Phi) is 7.63. The number of hydrogen-bond acceptors (Lipinski definition) is 4. The maximum Gasteiger partial charge on any atom is 0.248 e. The summed E-state index contributed by atoms with van der Waals surface area (Å²) in [6, 6.07) is 19.5. The molecule has 136 valence electrons. The van der Waals surface area contributed by atoms with Crippen molar-refractivity contribution < 1.29 is 4.79 Å². The quantitative estimate of drug-likeness (QED) is 0.714. The summed E-state index contributed by atoms with van der Waals surface area (Å²) in [7, 11) is 0. The third-order valence-corrected chi connectivity index (χ3v) is 4.06. The third kappa shape index (κ3) is 6.34. The predicted octanol–water partition coefficient (Wildman–Crippen LogP) is 4.28. The van der Waals surface area contributed by atoms with E-state index in [4.69, 9.17) is 10.5 Å². The van der Waals surface area contributed by atoms with Crippen molar-refractivity contribution in [2.75, 3.05) is 23.3 Å². The number of benzene rings is 2. The van der Waals surface area contributed by atoms with Gasteiger partial charge in [0.1, 0.15) is 0 Å². The number of carbonyl (C=O) groups excluding carboxylic acids is 1. The van der Waals surface area contributed by atoms with Crippen LogP contribution in [0.25, 0.3) is 6.08 Å². The zero-order chi connectivity index (χ0) is 19.5. The topological polar surface area (TPSA) is 79.9 Å². The number of amides is 1. The van der Waals surface area contributed by atoms with Gasteiger partial charge in [0.05, 0.1) is 25.0 Å². The summed E-state index contributed by atoms with van der Waals surface area (Å²) in [6.07, 6.45) is 4.11. The van der Waals surface area contributed by atoms with Crippen LogP contribution in [0, 0.1) is 29.6 Å². The zero-order valence-corrected chi connectivity index (χ0v) is 15.4. The highest BCUT2D eigenvalue weighted by Gasteiger charge is 2.08. The van der Waals surface area contributed by atoms with E-state index in [0.717, 1.165) is 22.5 Å². The van der Waals surface area contributed by atoms with Crippen LogP contribution in [0.2, 0.25) is 0 Å². The van der Waals surface area contributed by atoms with E-state index < -0.39 is 0 Å². The number of rotatable bonds is 8. The van der Waals surface area contributed by atoms with Gasteiger partial charge in [-0.3, -0.25) is 4.79 Å². The Hall–Kier alpha value is -3.57. The average Bonchev–Trinajstić information content (AvgIpc) is 2.68. The lowest BCUT2D eigenvalue weighted by atomic mass is 10.1. The molecule has 0 fully saturated rings. The van der Waals surface area contributed by atoms with Crippen molar-refractivity contribution in [3.05, 3.63) is 65.7 Å². The molecule has 0 spiro atoms. The molecule has 0 aliphatic carbocycles. The molecular weight excluding hydrogens is 336 g/mol. The number of para-hydroxylation sites is 1. The first-order valence-corrected chi connectivity index (χ1v) is 8.77. The van der Waals surface area contributed by atoms with Gasteiger partial charge in [-0.15, -0.1) is 0 Å². The van der Waals surface area contributed by atoms with Crippen LogP contribution in [0.1, 0.15) is 24.0 Å².